The van der Waals surface area contributed by atoms with Crippen LogP contribution in [-0.4, -0.2) is 47.6 Å². The summed E-state index contributed by atoms with van der Waals surface area (Å²) in [5, 5.41) is 11.5. The number of carboxylic acid groups (broad SMARTS) is 1. The van der Waals surface area contributed by atoms with Gasteiger partial charge in [-0.1, -0.05) is 6.08 Å². The molecule has 1 unspecified atom stereocenters. The van der Waals surface area contributed by atoms with Crippen LogP contribution in [0.1, 0.15) is 0 Å². The van der Waals surface area contributed by atoms with Gasteiger partial charge < -0.3 is 15.3 Å². The SMILES string of the molecule is C=CCN1C(=O)CNCC1C(=O)O. The van der Waals surface area contributed by atoms with Crippen molar-refractivity contribution in [3.63, 3.8) is 0 Å². The Morgan fingerprint density at radius 3 is 3.08 bits per heavy atom. The number of carboxylic acids is 1. The number of rotatable bonds is 3. The van der Waals surface area contributed by atoms with Gasteiger partial charge in [-0.25, -0.2) is 4.79 Å². The number of nitrogens with one attached hydrogen (secondary N) is 1. The van der Waals surface area contributed by atoms with Crippen molar-refractivity contribution in [3.05, 3.63) is 12.7 Å². The van der Waals surface area contributed by atoms with Crippen molar-refractivity contribution in [1.29, 1.82) is 0 Å². The topological polar surface area (TPSA) is 69.6 Å². The van der Waals surface area contributed by atoms with Crippen molar-refractivity contribution in [2.75, 3.05) is 19.6 Å². The van der Waals surface area contributed by atoms with E-state index in [9.17, 15) is 9.59 Å². The van der Waals surface area contributed by atoms with Crippen LogP contribution >= 0.6 is 0 Å². The molecule has 13 heavy (non-hydrogen) atoms. The van der Waals surface area contributed by atoms with Gasteiger partial charge in [0, 0.05) is 13.1 Å². The van der Waals surface area contributed by atoms with Gasteiger partial charge in [-0.15, -0.1) is 6.58 Å². The van der Waals surface area contributed by atoms with Gasteiger partial charge in [0.2, 0.25) is 5.91 Å². The van der Waals surface area contributed by atoms with Crippen molar-refractivity contribution < 1.29 is 14.7 Å². The molecule has 0 spiro atoms. The molecule has 1 rings (SSSR count). The second-order valence-corrected chi connectivity index (χ2v) is 2.82. The maximum Gasteiger partial charge on any atom is 0.327 e. The molecular formula is C8H12N2O3. The van der Waals surface area contributed by atoms with E-state index in [0.29, 0.717) is 6.54 Å². The van der Waals surface area contributed by atoms with Gasteiger partial charge in [0.1, 0.15) is 6.04 Å². The first kappa shape index (κ1) is 9.73. The minimum absolute atomic E-state index is 0.196. The standard InChI is InChI=1S/C8H12N2O3/c1-2-3-10-6(8(12)13)4-9-5-7(10)11/h2,6,9H,1,3-5H2,(H,12,13). The fraction of sp³-hybridized carbons (Fsp3) is 0.500. The van der Waals surface area contributed by atoms with Crippen molar-refractivity contribution in [1.82, 2.24) is 10.2 Å². The first-order valence-corrected chi connectivity index (χ1v) is 4.00. The highest BCUT2D eigenvalue weighted by Crippen LogP contribution is 2.04. The monoisotopic (exact) mass is 184 g/mol. The highest BCUT2D eigenvalue weighted by atomic mass is 16.4. The molecule has 1 saturated heterocycles. The molecule has 1 atom stereocenters. The van der Waals surface area contributed by atoms with Crippen LogP contribution in [0, 0.1) is 0 Å². The minimum atomic E-state index is -0.984. The maximum absolute atomic E-state index is 11.3. The van der Waals surface area contributed by atoms with E-state index in [1.54, 1.807) is 0 Å². The van der Waals surface area contributed by atoms with Gasteiger partial charge in [0.25, 0.3) is 0 Å². The summed E-state index contributed by atoms with van der Waals surface area (Å²) in [5.41, 5.74) is 0. The normalized spacial score (nSPS) is 22.9. The summed E-state index contributed by atoms with van der Waals surface area (Å²) in [7, 11) is 0. The Balaban J connectivity index is 2.73. The van der Waals surface area contributed by atoms with Crippen molar-refractivity contribution in [3.8, 4) is 0 Å². The summed E-state index contributed by atoms with van der Waals surface area (Å²) in [4.78, 5) is 23.3. The Hall–Kier alpha value is -1.36. The average Bonchev–Trinajstić information content (AvgIpc) is 2.08. The van der Waals surface area contributed by atoms with E-state index in [2.05, 4.69) is 11.9 Å². The minimum Gasteiger partial charge on any atom is -0.480 e. The molecule has 0 aromatic carbocycles. The summed E-state index contributed by atoms with van der Waals surface area (Å²) in [6.07, 6.45) is 1.53. The lowest BCUT2D eigenvalue weighted by Crippen LogP contribution is -2.57. The van der Waals surface area contributed by atoms with E-state index in [4.69, 9.17) is 5.11 Å². The summed E-state index contributed by atoms with van der Waals surface area (Å²) in [5.74, 6) is -1.18. The molecular weight excluding hydrogens is 172 g/mol. The zero-order valence-corrected chi connectivity index (χ0v) is 7.19. The lowest BCUT2D eigenvalue weighted by molar-refractivity contribution is -0.151. The fourth-order valence-corrected chi connectivity index (χ4v) is 1.29. The van der Waals surface area contributed by atoms with E-state index < -0.39 is 12.0 Å². The Morgan fingerprint density at radius 2 is 2.54 bits per heavy atom. The summed E-state index contributed by atoms with van der Waals surface area (Å²) in [6.45, 7) is 4.27. The second kappa shape index (κ2) is 4.04. The number of amides is 1. The molecule has 1 heterocycles. The molecule has 0 aromatic rings. The van der Waals surface area contributed by atoms with E-state index >= 15 is 0 Å². The molecule has 5 nitrogen and oxygen atoms in total. The number of hydrogen-bond donors (Lipinski definition) is 2. The summed E-state index contributed by atoms with van der Waals surface area (Å²) >= 11 is 0. The lowest BCUT2D eigenvalue weighted by atomic mass is 10.2. The summed E-state index contributed by atoms with van der Waals surface area (Å²) in [6, 6.07) is -0.765. The quantitative estimate of drug-likeness (QED) is 0.555. The van der Waals surface area contributed by atoms with Gasteiger partial charge in [0.05, 0.1) is 6.54 Å². The smallest absolute Gasteiger partial charge is 0.327 e. The Morgan fingerprint density at radius 1 is 1.85 bits per heavy atom. The van der Waals surface area contributed by atoms with E-state index in [0.717, 1.165) is 0 Å². The maximum atomic E-state index is 11.3. The highest BCUT2D eigenvalue weighted by molar-refractivity contribution is 5.86. The molecule has 0 saturated carbocycles. The van der Waals surface area contributed by atoms with Gasteiger partial charge in [-0.3, -0.25) is 4.79 Å². The molecule has 0 aromatic heterocycles. The number of hydrogen-bond acceptors (Lipinski definition) is 3. The van der Waals surface area contributed by atoms with Crippen molar-refractivity contribution in [2.45, 2.75) is 6.04 Å². The van der Waals surface area contributed by atoms with Crippen LogP contribution in [0.4, 0.5) is 0 Å². The molecule has 72 valence electrons. The van der Waals surface area contributed by atoms with E-state index in [1.165, 1.54) is 11.0 Å². The first-order valence-electron chi connectivity index (χ1n) is 4.00. The largest absolute Gasteiger partial charge is 0.480 e. The van der Waals surface area contributed by atoms with Crippen LogP contribution < -0.4 is 5.32 Å². The predicted octanol–water partition coefficient (Wildman–Crippen LogP) is -0.943. The van der Waals surface area contributed by atoms with Crippen LogP contribution in [0.15, 0.2) is 12.7 Å². The zero-order valence-electron chi connectivity index (χ0n) is 7.19. The molecule has 0 radical (unpaired) electrons. The molecule has 1 fully saturated rings. The first-order chi connectivity index (χ1) is 6.16. The third-order valence-corrected chi connectivity index (χ3v) is 1.92. The number of piperazine rings is 1. The van der Waals surface area contributed by atoms with Gasteiger partial charge in [-0.2, -0.15) is 0 Å². The van der Waals surface area contributed by atoms with Crippen LogP contribution in [0.3, 0.4) is 0 Å². The van der Waals surface area contributed by atoms with Crippen LogP contribution in [-0.2, 0) is 9.59 Å². The molecule has 0 bridgehead atoms. The van der Waals surface area contributed by atoms with Gasteiger partial charge >= 0.3 is 5.97 Å². The van der Waals surface area contributed by atoms with Crippen LogP contribution in [0.5, 0.6) is 0 Å². The highest BCUT2D eigenvalue weighted by Gasteiger charge is 2.31. The van der Waals surface area contributed by atoms with E-state index in [-0.39, 0.29) is 19.0 Å². The van der Waals surface area contributed by atoms with Crippen LogP contribution in [0.2, 0.25) is 0 Å². The predicted molar refractivity (Wildman–Crippen MR) is 46.2 cm³/mol. The van der Waals surface area contributed by atoms with Gasteiger partial charge in [-0.05, 0) is 0 Å². The molecule has 1 aliphatic rings. The Kier molecular flexibility index (Phi) is 3.02. The lowest BCUT2D eigenvalue weighted by Gasteiger charge is -2.32. The fourth-order valence-electron chi connectivity index (χ4n) is 1.29. The average molecular weight is 184 g/mol. The Bertz CT molecular complexity index is 240. The third kappa shape index (κ3) is 2.06. The van der Waals surface area contributed by atoms with Gasteiger partial charge in [0.15, 0.2) is 0 Å². The number of aliphatic carboxylic acids is 1. The molecule has 1 aliphatic heterocycles. The van der Waals surface area contributed by atoms with Crippen molar-refractivity contribution >= 4 is 11.9 Å². The molecule has 0 aliphatic carbocycles. The molecule has 5 heteroatoms. The zero-order chi connectivity index (χ0) is 9.84. The second-order valence-electron chi connectivity index (χ2n) is 2.82. The number of nitrogens with zero attached hydrogens (tertiary/aromatic N) is 1. The molecule has 1 amide bonds. The molecule has 2 N–H and O–H groups in total. The van der Waals surface area contributed by atoms with E-state index in [1.807, 2.05) is 0 Å². The van der Waals surface area contributed by atoms with Crippen molar-refractivity contribution in [2.24, 2.45) is 0 Å². The summed E-state index contributed by atoms with van der Waals surface area (Å²) < 4.78 is 0. The van der Waals surface area contributed by atoms with Crippen LogP contribution in [0.25, 0.3) is 0 Å². The Labute approximate surface area is 76.0 Å². The number of carbonyl (C=O) groups excluding carboxylic acids is 1. The number of carbonyl (C=O) groups is 2. The third-order valence-electron chi connectivity index (χ3n) is 1.92.